The summed E-state index contributed by atoms with van der Waals surface area (Å²) in [6.45, 7) is 3.64. The zero-order valence-corrected chi connectivity index (χ0v) is 6.30. The van der Waals surface area contributed by atoms with Gasteiger partial charge in [0.25, 0.3) is 0 Å². The van der Waals surface area contributed by atoms with Crippen molar-refractivity contribution in [2.45, 2.75) is 6.54 Å². The first-order chi connectivity index (χ1) is 5.88. The molecule has 0 spiro atoms. The van der Waals surface area contributed by atoms with Gasteiger partial charge in [-0.1, -0.05) is 0 Å². The molecule has 0 atom stereocenters. The second-order valence-electron chi connectivity index (χ2n) is 1.90. The van der Waals surface area contributed by atoms with Gasteiger partial charge in [-0.2, -0.15) is 0 Å². The van der Waals surface area contributed by atoms with Gasteiger partial charge in [-0.25, -0.2) is 0 Å². The van der Waals surface area contributed by atoms with E-state index in [0.29, 0.717) is 25.3 Å². The maximum atomic E-state index is 9.92. The molecule has 0 aliphatic carbocycles. The summed E-state index contributed by atoms with van der Waals surface area (Å²) < 4.78 is 14.8. The molecule has 0 unspecified atom stereocenters. The van der Waals surface area contributed by atoms with Gasteiger partial charge in [-0.05, 0) is 0 Å². The third-order valence-electron chi connectivity index (χ3n) is 1.13. The van der Waals surface area contributed by atoms with E-state index in [1.807, 2.05) is 0 Å². The number of hydrogen-bond donors (Lipinski definition) is 0. The van der Waals surface area contributed by atoms with Crippen LogP contribution in [0.1, 0.15) is 5.69 Å². The molecule has 0 saturated heterocycles. The zero-order valence-electron chi connectivity index (χ0n) is 6.30. The van der Waals surface area contributed by atoms with E-state index in [4.69, 9.17) is 4.42 Å². The summed E-state index contributed by atoms with van der Waals surface area (Å²) >= 11 is 0. The van der Waals surface area contributed by atoms with Crippen molar-refractivity contribution >= 4 is 25.9 Å². The summed E-state index contributed by atoms with van der Waals surface area (Å²) in [4.78, 5) is 11.1. The number of oxazole rings is 1. The molecular formula is C6H6BN3O2. The van der Waals surface area contributed by atoms with E-state index in [1.165, 1.54) is 6.39 Å². The van der Waals surface area contributed by atoms with Crippen molar-refractivity contribution in [1.29, 1.82) is 0 Å². The van der Waals surface area contributed by atoms with Crippen molar-refractivity contribution in [1.82, 2.24) is 4.98 Å². The van der Waals surface area contributed by atoms with Crippen LogP contribution in [0.3, 0.4) is 0 Å². The Morgan fingerprint density at radius 3 is 3.33 bits per heavy atom. The minimum absolute atomic E-state index is 0.300. The van der Waals surface area contributed by atoms with E-state index in [-0.39, 0.29) is 0 Å². The Bertz CT molecular complexity index is 307. The average molecular weight is 163 g/mol. The first kappa shape index (κ1) is 8.51. The molecule has 0 bridgehead atoms. The third-order valence-corrected chi connectivity index (χ3v) is 1.13. The fraction of sp³-hybridized carbons (Fsp3) is 0.167. The van der Waals surface area contributed by atoms with Crippen molar-refractivity contribution < 1.29 is 9.12 Å². The van der Waals surface area contributed by atoms with Crippen LogP contribution in [0.4, 0.5) is 5.88 Å². The molecule has 1 rings (SSSR count). The van der Waals surface area contributed by atoms with Crippen LogP contribution in [0.25, 0.3) is 0 Å². The predicted octanol–water partition coefficient (Wildman–Crippen LogP) is 0.585. The van der Waals surface area contributed by atoms with Crippen LogP contribution < -0.4 is 0 Å². The quantitative estimate of drug-likeness (QED) is 0.481. The van der Waals surface area contributed by atoms with Crippen molar-refractivity contribution in [2.75, 3.05) is 0 Å². The molecule has 1 aromatic heterocycles. The monoisotopic (exact) mass is 163 g/mol. The second-order valence-corrected chi connectivity index (χ2v) is 1.90. The fourth-order valence-corrected chi connectivity index (χ4v) is 0.681. The number of hydrogen-bond acceptors (Lipinski definition) is 5. The summed E-state index contributed by atoms with van der Waals surface area (Å²) in [5.74, 6) is 0.300. The van der Waals surface area contributed by atoms with E-state index in [2.05, 4.69) is 21.7 Å². The van der Waals surface area contributed by atoms with E-state index < -0.39 is 0 Å². The molecule has 0 aliphatic heterocycles. The van der Waals surface area contributed by atoms with Crippen LogP contribution in [0.15, 0.2) is 20.8 Å². The molecule has 6 heteroatoms. The molecule has 5 nitrogen and oxygen atoms in total. The molecule has 1 heterocycles. The van der Waals surface area contributed by atoms with Gasteiger partial charge in [-0.3, -0.25) is 0 Å². The molecule has 0 saturated carbocycles. The maximum absolute atomic E-state index is 9.92. The van der Waals surface area contributed by atoms with Crippen molar-refractivity contribution in [3.8, 4) is 0 Å². The van der Waals surface area contributed by atoms with Crippen molar-refractivity contribution in [3.05, 3.63) is 12.1 Å². The molecule has 12 heavy (non-hydrogen) atoms. The SMILES string of the molecule is C=NCc1ncoc1/N=C/B=O. The van der Waals surface area contributed by atoms with Crippen LogP contribution in [-0.2, 0) is 11.2 Å². The Morgan fingerprint density at radius 1 is 1.83 bits per heavy atom. The van der Waals surface area contributed by atoms with Crippen LogP contribution in [-0.4, -0.2) is 25.0 Å². The Balaban J connectivity index is 2.82. The Kier molecular flexibility index (Phi) is 3.07. The van der Waals surface area contributed by atoms with E-state index in [1.54, 1.807) is 0 Å². The summed E-state index contributed by atoms with van der Waals surface area (Å²) in [6.07, 6.45) is 2.34. The van der Waals surface area contributed by atoms with Crippen molar-refractivity contribution in [2.24, 2.45) is 9.98 Å². The fourth-order valence-electron chi connectivity index (χ4n) is 0.681. The van der Waals surface area contributed by atoms with Gasteiger partial charge in [0.05, 0.1) is 0 Å². The summed E-state index contributed by atoms with van der Waals surface area (Å²) in [5, 5.41) is 0. The van der Waals surface area contributed by atoms with Gasteiger partial charge in [0, 0.05) is 0 Å². The Labute approximate surface area is 69.5 Å². The Morgan fingerprint density at radius 2 is 2.67 bits per heavy atom. The average Bonchev–Trinajstić information content (AvgIpc) is 2.50. The molecule has 0 radical (unpaired) electrons. The van der Waals surface area contributed by atoms with Crippen LogP contribution in [0.2, 0.25) is 0 Å². The summed E-state index contributed by atoms with van der Waals surface area (Å²) in [7, 11) is 0.563. The molecule has 0 amide bonds. The first-order valence-electron chi connectivity index (χ1n) is 3.21. The van der Waals surface area contributed by atoms with Gasteiger partial charge in [0.2, 0.25) is 0 Å². The van der Waals surface area contributed by atoms with Gasteiger partial charge < -0.3 is 0 Å². The molecule has 1 aromatic rings. The molecule has 0 fully saturated rings. The zero-order chi connectivity index (χ0) is 8.81. The normalized spacial score (nSPS) is 10.0. The van der Waals surface area contributed by atoms with Gasteiger partial charge in [0.15, 0.2) is 0 Å². The third kappa shape index (κ3) is 1.95. The molecule has 60 valence electrons. The Hall–Kier alpha value is -1.59. The van der Waals surface area contributed by atoms with E-state index in [9.17, 15) is 4.70 Å². The van der Waals surface area contributed by atoms with Gasteiger partial charge in [-0.15, -0.1) is 0 Å². The van der Waals surface area contributed by atoms with Gasteiger partial charge in [0.1, 0.15) is 0 Å². The van der Waals surface area contributed by atoms with Gasteiger partial charge >= 0.3 is 68.6 Å². The van der Waals surface area contributed by atoms with Crippen LogP contribution in [0, 0.1) is 0 Å². The predicted molar refractivity (Wildman–Crippen MR) is 44.3 cm³/mol. The van der Waals surface area contributed by atoms with E-state index in [0.717, 1.165) is 6.11 Å². The molecule has 0 aromatic carbocycles. The topological polar surface area (TPSA) is 67.8 Å². The number of aromatic nitrogens is 1. The minimum atomic E-state index is 0.300. The van der Waals surface area contributed by atoms with Crippen LogP contribution in [0.5, 0.6) is 0 Å². The van der Waals surface area contributed by atoms with Crippen molar-refractivity contribution in [3.63, 3.8) is 0 Å². The first-order valence-corrected chi connectivity index (χ1v) is 3.21. The standard InChI is InChI=1S/C6H6BN3O2/c1-8-2-5-6(9-3-7-11)12-4-10-5/h3-4H,1-2H2/b9-3+. The number of nitrogens with zero attached hydrogens (tertiary/aromatic N) is 3. The number of aliphatic imine (C=N–C) groups is 2. The second kappa shape index (κ2) is 4.33. The molecular weight excluding hydrogens is 157 g/mol. The number of rotatable bonds is 4. The summed E-state index contributed by atoms with van der Waals surface area (Å²) in [6, 6.07) is 0. The summed E-state index contributed by atoms with van der Waals surface area (Å²) in [5.41, 5.74) is 0.572. The van der Waals surface area contributed by atoms with E-state index >= 15 is 0 Å². The molecule has 0 aliphatic rings. The van der Waals surface area contributed by atoms with Crippen LogP contribution >= 0.6 is 0 Å². The molecule has 0 N–H and O–H groups in total.